The number of aliphatic carboxylic acids is 1. The minimum Gasteiger partial charge on any atom is -0.480 e. The highest BCUT2D eigenvalue weighted by atomic mass is 16.4. The number of piperidine rings is 2. The Bertz CT molecular complexity index is 392. The van der Waals surface area contributed by atoms with Gasteiger partial charge in [-0.2, -0.15) is 0 Å². The van der Waals surface area contributed by atoms with E-state index in [9.17, 15) is 14.7 Å². The van der Waals surface area contributed by atoms with Crippen LogP contribution in [-0.2, 0) is 4.79 Å². The summed E-state index contributed by atoms with van der Waals surface area (Å²) in [6.45, 7) is 4.06. The van der Waals surface area contributed by atoms with Crippen LogP contribution in [0.15, 0.2) is 0 Å². The average Bonchev–Trinajstić information content (AvgIpc) is 2.46. The molecular formula is C15H27N3O3. The molecule has 6 heteroatoms. The number of carboxylic acids is 1. The summed E-state index contributed by atoms with van der Waals surface area (Å²) in [5.74, 6) is -0.507. The molecule has 2 aliphatic rings. The summed E-state index contributed by atoms with van der Waals surface area (Å²) >= 11 is 0. The van der Waals surface area contributed by atoms with Gasteiger partial charge in [-0.05, 0) is 45.7 Å². The summed E-state index contributed by atoms with van der Waals surface area (Å²) in [6.07, 6.45) is 3.38. The first-order valence-corrected chi connectivity index (χ1v) is 7.85. The second-order valence-electron chi connectivity index (χ2n) is 6.64. The number of carbonyl (C=O) groups is 2. The first-order chi connectivity index (χ1) is 9.90. The third-order valence-corrected chi connectivity index (χ3v) is 4.86. The Morgan fingerprint density at radius 1 is 1.10 bits per heavy atom. The van der Waals surface area contributed by atoms with Crippen molar-refractivity contribution < 1.29 is 14.7 Å². The van der Waals surface area contributed by atoms with Crippen LogP contribution in [0.25, 0.3) is 0 Å². The molecule has 2 fully saturated rings. The summed E-state index contributed by atoms with van der Waals surface area (Å²) in [4.78, 5) is 29.6. The van der Waals surface area contributed by atoms with Crippen LogP contribution >= 0.6 is 0 Å². The van der Waals surface area contributed by atoms with E-state index in [0.29, 0.717) is 24.9 Å². The van der Waals surface area contributed by atoms with E-state index < -0.39 is 12.0 Å². The lowest BCUT2D eigenvalue weighted by Crippen LogP contribution is -2.56. The van der Waals surface area contributed by atoms with Crippen LogP contribution in [0.3, 0.4) is 0 Å². The molecule has 6 nitrogen and oxygen atoms in total. The SMILES string of the molecule is CC1CCN(C(=O)N2CCC(N(C)C)CC2)C(C(=O)O)C1. The Kier molecular flexibility index (Phi) is 5.08. The summed E-state index contributed by atoms with van der Waals surface area (Å²) < 4.78 is 0. The van der Waals surface area contributed by atoms with Crippen molar-refractivity contribution in [3.63, 3.8) is 0 Å². The first kappa shape index (κ1) is 16.1. The molecule has 2 atom stereocenters. The Balaban J connectivity index is 1.97. The molecule has 0 spiro atoms. The van der Waals surface area contributed by atoms with Crippen molar-refractivity contribution in [3.05, 3.63) is 0 Å². The van der Waals surface area contributed by atoms with Gasteiger partial charge in [0.1, 0.15) is 6.04 Å². The lowest BCUT2D eigenvalue weighted by Gasteiger charge is -2.41. The summed E-state index contributed by atoms with van der Waals surface area (Å²) in [6, 6.07) is -0.231. The Labute approximate surface area is 126 Å². The molecule has 2 aliphatic heterocycles. The van der Waals surface area contributed by atoms with Gasteiger partial charge in [0.05, 0.1) is 0 Å². The summed E-state index contributed by atoms with van der Waals surface area (Å²) in [7, 11) is 4.13. The van der Waals surface area contributed by atoms with Crippen LogP contribution < -0.4 is 0 Å². The van der Waals surface area contributed by atoms with Crippen molar-refractivity contribution >= 4 is 12.0 Å². The van der Waals surface area contributed by atoms with E-state index in [4.69, 9.17) is 0 Å². The number of hydrogen-bond donors (Lipinski definition) is 1. The monoisotopic (exact) mass is 297 g/mol. The number of nitrogens with zero attached hydrogens (tertiary/aromatic N) is 3. The predicted molar refractivity (Wildman–Crippen MR) is 80.2 cm³/mol. The molecule has 0 radical (unpaired) electrons. The fraction of sp³-hybridized carbons (Fsp3) is 0.867. The average molecular weight is 297 g/mol. The van der Waals surface area contributed by atoms with Crippen molar-refractivity contribution in [2.45, 2.75) is 44.7 Å². The molecule has 2 heterocycles. The van der Waals surface area contributed by atoms with E-state index in [1.807, 2.05) is 4.90 Å². The van der Waals surface area contributed by atoms with E-state index in [0.717, 1.165) is 32.4 Å². The molecule has 2 amide bonds. The molecule has 2 unspecified atom stereocenters. The van der Waals surface area contributed by atoms with Crippen LogP contribution in [0.2, 0.25) is 0 Å². The van der Waals surface area contributed by atoms with Gasteiger partial charge in [-0.1, -0.05) is 6.92 Å². The van der Waals surface area contributed by atoms with Crippen molar-refractivity contribution in [3.8, 4) is 0 Å². The number of carbonyl (C=O) groups excluding carboxylic acids is 1. The molecule has 2 saturated heterocycles. The van der Waals surface area contributed by atoms with Crippen LogP contribution in [0.4, 0.5) is 4.79 Å². The third-order valence-electron chi connectivity index (χ3n) is 4.86. The van der Waals surface area contributed by atoms with E-state index >= 15 is 0 Å². The quantitative estimate of drug-likeness (QED) is 0.835. The zero-order valence-corrected chi connectivity index (χ0v) is 13.3. The molecule has 0 bridgehead atoms. The number of urea groups is 1. The largest absolute Gasteiger partial charge is 0.480 e. The normalized spacial score (nSPS) is 28.0. The first-order valence-electron chi connectivity index (χ1n) is 7.85. The maximum absolute atomic E-state index is 12.6. The highest BCUT2D eigenvalue weighted by Gasteiger charge is 2.37. The van der Waals surface area contributed by atoms with Gasteiger partial charge >= 0.3 is 12.0 Å². The van der Waals surface area contributed by atoms with Gasteiger partial charge in [0, 0.05) is 25.7 Å². The maximum Gasteiger partial charge on any atom is 0.326 e. The minimum atomic E-state index is -0.877. The van der Waals surface area contributed by atoms with Crippen molar-refractivity contribution in [1.82, 2.24) is 14.7 Å². The van der Waals surface area contributed by atoms with Crippen molar-refractivity contribution in [2.75, 3.05) is 33.7 Å². The smallest absolute Gasteiger partial charge is 0.326 e. The standard InChI is InChI=1S/C15H27N3O3/c1-11-4-9-18(13(10-11)14(19)20)15(21)17-7-5-12(6-8-17)16(2)3/h11-13H,4-10H2,1-3H3,(H,19,20). The number of rotatable bonds is 2. The molecule has 0 aromatic heterocycles. The Morgan fingerprint density at radius 2 is 1.71 bits per heavy atom. The Hall–Kier alpha value is -1.30. The van der Waals surface area contributed by atoms with E-state index in [-0.39, 0.29) is 6.03 Å². The van der Waals surface area contributed by atoms with Crippen molar-refractivity contribution in [1.29, 1.82) is 0 Å². The molecule has 0 aromatic rings. The van der Waals surface area contributed by atoms with Crippen LogP contribution in [-0.4, -0.2) is 77.6 Å². The van der Waals surface area contributed by atoms with Gasteiger partial charge in [-0.15, -0.1) is 0 Å². The van der Waals surface area contributed by atoms with Crippen LogP contribution in [0, 0.1) is 5.92 Å². The molecule has 1 N–H and O–H groups in total. The third kappa shape index (κ3) is 3.67. The van der Waals surface area contributed by atoms with E-state index in [2.05, 4.69) is 25.9 Å². The van der Waals surface area contributed by atoms with Gasteiger partial charge in [0.25, 0.3) is 0 Å². The van der Waals surface area contributed by atoms with Crippen LogP contribution in [0.5, 0.6) is 0 Å². The van der Waals surface area contributed by atoms with Gasteiger partial charge in [-0.3, -0.25) is 0 Å². The zero-order chi connectivity index (χ0) is 15.6. The molecule has 2 rings (SSSR count). The molecule has 0 saturated carbocycles. The lowest BCUT2D eigenvalue weighted by atomic mass is 9.92. The van der Waals surface area contributed by atoms with E-state index in [1.54, 1.807) is 4.90 Å². The molecule has 0 aliphatic carbocycles. The predicted octanol–water partition coefficient (Wildman–Crippen LogP) is 1.32. The number of hydrogen-bond acceptors (Lipinski definition) is 3. The zero-order valence-electron chi connectivity index (χ0n) is 13.3. The summed E-state index contributed by atoms with van der Waals surface area (Å²) in [5.41, 5.74) is 0. The van der Waals surface area contributed by atoms with Gasteiger partial charge in [0.15, 0.2) is 0 Å². The second kappa shape index (κ2) is 6.64. The Morgan fingerprint density at radius 3 is 2.24 bits per heavy atom. The van der Waals surface area contributed by atoms with Gasteiger partial charge < -0.3 is 19.8 Å². The maximum atomic E-state index is 12.6. The fourth-order valence-corrected chi connectivity index (χ4v) is 3.36. The van der Waals surface area contributed by atoms with Crippen LogP contribution in [0.1, 0.15) is 32.6 Å². The molecular weight excluding hydrogens is 270 g/mol. The number of amides is 2. The topological polar surface area (TPSA) is 64.1 Å². The minimum absolute atomic E-state index is 0.0912. The fourth-order valence-electron chi connectivity index (χ4n) is 3.36. The number of likely N-dealkylation sites (tertiary alicyclic amines) is 2. The highest BCUT2D eigenvalue weighted by molar-refractivity contribution is 5.83. The summed E-state index contributed by atoms with van der Waals surface area (Å²) in [5, 5.41) is 9.37. The lowest BCUT2D eigenvalue weighted by molar-refractivity contribution is -0.144. The molecule has 0 aromatic carbocycles. The second-order valence-corrected chi connectivity index (χ2v) is 6.64. The highest BCUT2D eigenvalue weighted by Crippen LogP contribution is 2.25. The number of carboxylic acid groups (broad SMARTS) is 1. The van der Waals surface area contributed by atoms with Crippen molar-refractivity contribution in [2.24, 2.45) is 5.92 Å². The molecule has 21 heavy (non-hydrogen) atoms. The van der Waals surface area contributed by atoms with Gasteiger partial charge in [0.2, 0.25) is 0 Å². The van der Waals surface area contributed by atoms with Gasteiger partial charge in [-0.25, -0.2) is 9.59 Å². The molecule has 120 valence electrons. The van der Waals surface area contributed by atoms with E-state index in [1.165, 1.54) is 0 Å².